The second kappa shape index (κ2) is 4.70. The summed E-state index contributed by atoms with van der Waals surface area (Å²) in [6, 6.07) is 7.90. The summed E-state index contributed by atoms with van der Waals surface area (Å²) in [5.74, 6) is 1.71. The number of aromatic nitrogens is 1. The summed E-state index contributed by atoms with van der Waals surface area (Å²) in [6.07, 6.45) is 3.96. The van der Waals surface area contributed by atoms with Crippen molar-refractivity contribution in [2.75, 3.05) is 25.6 Å². The zero-order valence-corrected chi connectivity index (χ0v) is 11.0. The first-order chi connectivity index (χ1) is 9.28. The first-order valence-electron chi connectivity index (χ1n) is 6.54. The third kappa shape index (κ3) is 2.24. The number of aliphatic hydroxyl groups is 1. The highest BCUT2D eigenvalue weighted by atomic mass is 16.5. The van der Waals surface area contributed by atoms with E-state index in [4.69, 9.17) is 4.74 Å². The van der Waals surface area contributed by atoms with Crippen LogP contribution in [0.4, 0.5) is 5.82 Å². The van der Waals surface area contributed by atoms with E-state index in [2.05, 4.69) is 10.3 Å². The molecule has 4 heteroatoms. The second-order valence-corrected chi connectivity index (χ2v) is 5.23. The van der Waals surface area contributed by atoms with Crippen LogP contribution in [0, 0.1) is 5.41 Å². The van der Waals surface area contributed by atoms with Gasteiger partial charge in [-0.1, -0.05) is 12.1 Å². The van der Waals surface area contributed by atoms with Gasteiger partial charge >= 0.3 is 0 Å². The molecule has 100 valence electrons. The van der Waals surface area contributed by atoms with Crippen molar-refractivity contribution in [3.05, 3.63) is 30.5 Å². The quantitative estimate of drug-likeness (QED) is 0.865. The van der Waals surface area contributed by atoms with Crippen molar-refractivity contribution in [1.82, 2.24) is 4.98 Å². The third-order valence-electron chi connectivity index (χ3n) is 3.91. The maximum absolute atomic E-state index is 9.35. The molecule has 0 radical (unpaired) electrons. The van der Waals surface area contributed by atoms with E-state index in [1.165, 1.54) is 0 Å². The fraction of sp³-hybridized carbons (Fsp3) is 0.400. The van der Waals surface area contributed by atoms with E-state index in [0.29, 0.717) is 0 Å². The van der Waals surface area contributed by atoms with Crippen molar-refractivity contribution in [3.63, 3.8) is 0 Å². The summed E-state index contributed by atoms with van der Waals surface area (Å²) in [4.78, 5) is 4.40. The van der Waals surface area contributed by atoms with Crippen LogP contribution in [0.1, 0.15) is 12.8 Å². The van der Waals surface area contributed by atoms with Crippen LogP contribution in [-0.4, -0.2) is 30.4 Å². The van der Waals surface area contributed by atoms with Gasteiger partial charge in [-0.05, 0) is 25.0 Å². The number of hydrogen-bond donors (Lipinski definition) is 2. The Morgan fingerprint density at radius 3 is 2.84 bits per heavy atom. The molecule has 1 aliphatic rings. The number of ether oxygens (including phenoxy) is 1. The topological polar surface area (TPSA) is 54.4 Å². The highest BCUT2D eigenvalue weighted by Crippen LogP contribution is 2.45. The summed E-state index contributed by atoms with van der Waals surface area (Å²) in [6.45, 7) is 1.01. The van der Waals surface area contributed by atoms with Gasteiger partial charge in [0.15, 0.2) is 0 Å². The monoisotopic (exact) mass is 258 g/mol. The summed E-state index contributed by atoms with van der Waals surface area (Å²) >= 11 is 0. The van der Waals surface area contributed by atoms with E-state index in [1.807, 2.05) is 24.3 Å². The lowest BCUT2D eigenvalue weighted by atomic mass is 10.1. The number of fused-ring (bicyclic) bond motifs is 1. The van der Waals surface area contributed by atoms with Crippen molar-refractivity contribution < 1.29 is 9.84 Å². The van der Waals surface area contributed by atoms with Crippen LogP contribution in [0.2, 0.25) is 0 Å². The number of benzene rings is 1. The Kier molecular flexibility index (Phi) is 3.03. The van der Waals surface area contributed by atoms with E-state index in [9.17, 15) is 5.11 Å². The van der Waals surface area contributed by atoms with Crippen LogP contribution in [0.15, 0.2) is 30.5 Å². The smallest absolute Gasteiger partial charge is 0.133 e. The Labute approximate surface area is 112 Å². The minimum Gasteiger partial charge on any atom is -0.496 e. The fourth-order valence-corrected chi connectivity index (χ4v) is 2.34. The number of pyridine rings is 1. The predicted octanol–water partition coefficient (Wildman–Crippen LogP) is 2.43. The molecule has 0 amide bonds. The van der Waals surface area contributed by atoms with Crippen LogP contribution < -0.4 is 10.1 Å². The molecule has 1 heterocycles. The molecule has 0 atom stereocenters. The Morgan fingerprint density at radius 2 is 2.16 bits per heavy atom. The van der Waals surface area contributed by atoms with Crippen molar-refractivity contribution in [3.8, 4) is 5.75 Å². The Balaban J connectivity index is 1.91. The highest BCUT2D eigenvalue weighted by molar-refractivity contribution is 5.95. The number of methoxy groups -OCH3 is 1. The molecule has 1 fully saturated rings. The average Bonchev–Trinajstić information content (AvgIpc) is 3.25. The molecule has 1 saturated carbocycles. The molecule has 3 rings (SSSR count). The van der Waals surface area contributed by atoms with Gasteiger partial charge in [-0.15, -0.1) is 0 Å². The average molecular weight is 258 g/mol. The first-order valence-corrected chi connectivity index (χ1v) is 6.54. The first kappa shape index (κ1) is 12.2. The molecular formula is C15H18N2O2. The van der Waals surface area contributed by atoms with Crippen molar-refractivity contribution in [1.29, 1.82) is 0 Å². The molecule has 0 saturated heterocycles. The minimum absolute atomic E-state index is 0.0721. The maximum Gasteiger partial charge on any atom is 0.133 e. The van der Waals surface area contributed by atoms with E-state index < -0.39 is 0 Å². The normalized spacial score (nSPS) is 16.3. The standard InChI is InChI=1S/C15H18N2O2/c1-19-13-4-2-3-12-11(13)5-8-16-14(12)17-9-15(10-18)6-7-15/h2-5,8,18H,6-7,9-10H2,1H3,(H,16,17). The fourth-order valence-electron chi connectivity index (χ4n) is 2.34. The number of aliphatic hydroxyl groups excluding tert-OH is 1. The number of anilines is 1. The molecule has 0 unspecified atom stereocenters. The van der Waals surface area contributed by atoms with Crippen molar-refractivity contribution in [2.24, 2.45) is 5.41 Å². The van der Waals surface area contributed by atoms with Crippen LogP contribution in [-0.2, 0) is 0 Å². The van der Waals surface area contributed by atoms with Crippen LogP contribution >= 0.6 is 0 Å². The van der Waals surface area contributed by atoms with Gasteiger partial charge in [0.05, 0.1) is 13.7 Å². The molecule has 19 heavy (non-hydrogen) atoms. The predicted molar refractivity (Wildman–Crippen MR) is 75.5 cm³/mol. The number of nitrogens with one attached hydrogen (secondary N) is 1. The van der Waals surface area contributed by atoms with Gasteiger partial charge in [-0.25, -0.2) is 4.98 Å². The molecule has 1 aromatic heterocycles. The SMILES string of the molecule is COc1cccc2c(NCC3(CO)CC3)nccc12. The van der Waals surface area contributed by atoms with Crippen LogP contribution in [0.25, 0.3) is 10.8 Å². The number of nitrogens with zero attached hydrogens (tertiary/aromatic N) is 1. The largest absolute Gasteiger partial charge is 0.496 e. The third-order valence-corrected chi connectivity index (χ3v) is 3.91. The second-order valence-electron chi connectivity index (χ2n) is 5.23. The molecule has 0 spiro atoms. The number of hydrogen-bond acceptors (Lipinski definition) is 4. The van der Waals surface area contributed by atoms with Gasteiger partial charge in [0.1, 0.15) is 11.6 Å². The molecule has 0 aliphatic heterocycles. The molecular weight excluding hydrogens is 240 g/mol. The summed E-state index contributed by atoms with van der Waals surface area (Å²) < 4.78 is 5.37. The van der Waals surface area contributed by atoms with Gasteiger partial charge in [-0.2, -0.15) is 0 Å². The number of rotatable bonds is 5. The van der Waals surface area contributed by atoms with Gasteiger partial charge in [0.25, 0.3) is 0 Å². The van der Waals surface area contributed by atoms with E-state index in [1.54, 1.807) is 13.3 Å². The Bertz CT molecular complexity index is 594. The molecule has 0 bridgehead atoms. The van der Waals surface area contributed by atoms with Gasteiger partial charge in [-0.3, -0.25) is 0 Å². The summed E-state index contributed by atoms with van der Waals surface area (Å²) in [5, 5.41) is 14.8. The van der Waals surface area contributed by atoms with Gasteiger partial charge in [0, 0.05) is 28.9 Å². The molecule has 1 aliphatic carbocycles. The zero-order chi connectivity index (χ0) is 13.3. The van der Waals surface area contributed by atoms with Crippen molar-refractivity contribution >= 4 is 16.6 Å². The summed E-state index contributed by atoms with van der Waals surface area (Å²) in [5.41, 5.74) is 0.0721. The van der Waals surface area contributed by atoms with E-state index in [-0.39, 0.29) is 12.0 Å². The zero-order valence-electron chi connectivity index (χ0n) is 11.0. The lowest BCUT2D eigenvalue weighted by Crippen LogP contribution is -2.19. The maximum atomic E-state index is 9.35. The Hall–Kier alpha value is -1.81. The van der Waals surface area contributed by atoms with E-state index in [0.717, 1.165) is 41.7 Å². The van der Waals surface area contributed by atoms with Crippen LogP contribution in [0.3, 0.4) is 0 Å². The Morgan fingerprint density at radius 1 is 1.32 bits per heavy atom. The summed E-state index contributed by atoms with van der Waals surface area (Å²) in [7, 11) is 1.67. The van der Waals surface area contributed by atoms with E-state index >= 15 is 0 Å². The highest BCUT2D eigenvalue weighted by Gasteiger charge is 2.41. The molecule has 1 aromatic carbocycles. The van der Waals surface area contributed by atoms with Crippen LogP contribution in [0.5, 0.6) is 5.75 Å². The van der Waals surface area contributed by atoms with Gasteiger partial charge < -0.3 is 15.2 Å². The molecule has 2 aromatic rings. The molecule has 4 nitrogen and oxygen atoms in total. The lowest BCUT2D eigenvalue weighted by Gasteiger charge is -2.15. The molecule has 2 N–H and O–H groups in total. The minimum atomic E-state index is 0.0721. The van der Waals surface area contributed by atoms with Gasteiger partial charge in [0.2, 0.25) is 0 Å². The van der Waals surface area contributed by atoms with Crippen molar-refractivity contribution in [2.45, 2.75) is 12.8 Å². The lowest BCUT2D eigenvalue weighted by molar-refractivity contribution is 0.219.